The third-order valence-corrected chi connectivity index (χ3v) is 5.47. The van der Waals surface area contributed by atoms with Crippen molar-refractivity contribution < 1.29 is 36.8 Å². The molecule has 1 aromatic heterocycles. The van der Waals surface area contributed by atoms with Crippen molar-refractivity contribution >= 4 is 22.3 Å². The molecule has 0 amide bonds. The number of alkyl halides is 3. The number of halogens is 4. The molecule has 0 bridgehead atoms. The number of ether oxygens (including phenoxy) is 3. The van der Waals surface area contributed by atoms with Crippen LogP contribution in [0.25, 0.3) is 10.9 Å². The van der Waals surface area contributed by atoms with Crippen LogP contribution in [0, 0.1) is 10.1 Å². The van der Waals surface area contributed by atoms with E-state index in [0.29, 0.717) is 17.4 Å². The minimum Gasteiger partial charge on any atom is -0.497 e. The Morgan fingerprint density at radius 1 is 1.08 bits per heavy atom. The molecule has 1 saturated heterocycles. The lowest BCUT2D eigenvalue weighted by Gasteiger charge is -2.18. The van der Waals surface area contributed by atoms with Gasteiger partial charge in [0.05, 0.1) is 36.8 Å². The Hall–Kier alpha value is -3.67. The second kappa shape index (κ2) is 11.8. The molecule has 1 aliphatic rings. The molecule has 3 aromatic rings. The number of anilines is 1. The van der Waals surface area contributed by atoms with Gasteiger partial charge in [-0.2, -0.15) is 18.3 Å². The van der Waals surface area contributed by atoms with Gasteiger partial charge in [-0.15, -0.1) is 0 Å². The van der Waals surface area contributed by atoms with Crippen molar-refractivity contribution in [2.75, 3.05) is 32.6 Å². The molecular weight excluding hydrogens is 486 g/mol. The maximum absolute atomic E-state index is 15.2. The van der Waals surface area contributed by atoms with Crippen LogP contribution in [0.15, 0.2) is 42.6 Å². The Labute approximate surface area is 204 Å². The summed E-state index contributed by atoms with van der Waals surface area (Å²) in [7, 11) is 2.78. The number of nitrogens with zero attached hydrogens (tertiary/aromatic N) is 3. The van der Waals surface area contributed by atoms with Crippen LogP contribution in [0.1, 0.15) is 30.4 Å². The van der Waals surface area contributed by atoms with Crippen LogP contribution >= 0.6 is 0 Å². The lowest BCUT2D eigenvalue weighted by atomic mass is 10.1. The molecule has 0 atom stereocenters. The Kier molecular flexibility index (Phi) is 8.86. The zero-order valence-electron chi connectivity index (χ0n) is 19.7. The van der Waals surface area contributed by atoms with Gasteiger partial charge in [-0.1, -0.05) is 4.48 Å². The fourth-order valence-corrected chi connectivity index (χ4v) is 3.63. The smallest absolute Gasteiger partial charge is 0.416 e. The minimum absolute atomic E-state index is 0.00658. The number of hydrogen-bond donors (Lipinski definition) is 0. The van der Waals surface area contributed by atoms with E-state index < -0.39 is 34.6 Å². The molecule has 0 radical (unpaired) electrons. The standard InChI is InChI=1S/C19H15F4N3O4.C5H10O/c1-29-13-5-3-11(17(8-13)30-2)10-25(23)18-14-7-12(19(20,21)22)4-6-15(14)24-9-16(18)26(27)28;1-2-4-6-5-3-1/h3-9H,10H2,1-2H3;1-5H2. The van der Waals surface area contributed by atoms with Gasteiger partial charge in [-0.25, -0.2) is 4.98 Å². The highest BCUT2D eigenvalue weighted by atomic mass is 19.4. The van der Waals surface area contributed by atoms with Crippen molar-refractivity contribution in [3.8, 4) is 11.5 Å². The highest BCUT2D eigenvalue weighted by molar-refractivity contribution is 5.96. The number of benzene rings is 2. The lowest BCUT2D eigenvalue weighted by molar-refractivity contribution is -0.384. The van der Waals surface area contributed by atoms with E-state index >= 15 is 4.48 Å². The molecule has 8 nitrogen and oxygen atoms in total. The van der Waals surface area contributed by atoms with Crippen molar-refractivity contribution in [1.29, 1.82) is 0 Å². The van der Waals surface area contributed by atoms with Crippen LogP contribution in [0.2, 0.25) is 0 Å². The topological polar surface area (TPSA) is 87.0 Å². The van der Waals surface area contributed by atoms with E-state index in [4.69, 9.17) is 14.2 Å². The normalized spacial score (nSPS) is 13.5. The van der Waals surface area contributed by atoms with Crippen molar-refractivity contribution in [1.82, 2.24) is 4.98 Å². The summed E-state index contributed by atoms with van der Waals surface area (Å²) in [5, 5.41) is 11.1. The first-order chi connectivity index (χ1) is 17.2. The van der Waals surface area contributed by atoms with Gasteiger partial charge in [0.1, 0.15) is 17.7 Å². The van der Waals surface area contributed by atoms with E-state index in [-0.39, 0.29) is 21.8 Å². The number of fused-ring (bicyclic) bond motifs is 1. The Bertz CT molecular complexity index is 1190. The van der Waals surface area contributed by atoms with Crippen LogP contribution in [-0.4, -0.2) is 37.3 Å². The van der Waals surface area contributed by atoms with Crippen LogP contribution < -0.4 is 14.6 Å². The predicted octanol–water partition coefficient (Wildman–Crippen LogP) is 6.26. The molecule has 2 aromatic carbocycles. The summed E-state index contributed by atoms with van der Waals surface area (Å²) in [6, 6.07) is 6.97. The fourth-order valence-electron chi connectivity index (χ4n) is 3.63. The molecule has 0 saturated carbocycles. The summed E-state index contributed by atoms with van der Waals surface area (Å²) in [4.78, 5) is 14.3. The molecule has 1 aliphatic heterocycles. The van der Waals surface area contributed by atoms with Gasteiger partial charge in [0, 0.05) is 30.2 Å². The van der Waals surface area contributed by atoms with Gasteiger partial charge in [0.15, 0.2) is 5.69 Å². The zero-order chi connectivity index (χ0) is 26.3. The average molecular weight is 511 g/mol. The predicted molar refractivity (Wildman–Crippen MR) is 125 cm³/mol. The van der Waals surface area contributed by atoms with E-state index in [9.17, 15) is 23.3 Å². The van der Waals surface area contributed by atoms with Crippen molar-refractivity contribution in [2.45, 2.75) is 32.0 Å². The summed E-state index contributed by atoms with van der Waals surface area (Å²) >= 11 is 0. The Balaban J connectivity index is 0.000000526. The molecule has 1 fully saturated rings. The number of methoxy groups -OCH3 is 2. The number of hydrogen-bond acceptors (Lipinski definition) is 7. The molecular formula is C24H25F4N3O5. The van der Waals surface area contributed by atoms with E-state index in [2.05, 4.69) is 4.98 Å². The quantitative estimate of drug-likeness (QED) is 0.167. The number of aromatic nitrogens is 1. The van der Waals surface area contributed by atoms with Crippen molar-refractivity contribution in [3.63, 3.8) is 0 Å². The molecule has 36 heavy (non-hydrogen) atoms. The first-order valence-corrected chi connectivity index (χ1v) is 11.0. The lowest BCUT2D eigenvalue weighted by Crippen LogP contribution is -2.15. The van der Waals surface area contributed by atoms with Gasteiger partial charge >= 0.3 is 11.9 Å². The van der Waals surface area contributed by atoms with Gasteiger partial charge < -0.3 is 14.2 Å². The Morgan fingerprint density at radius 3 is 2.33 bits per heavy atom. The molecule has 194 valence electrons. The second-order valence-corrected chi connectivity index (χ2v) is 7.85. The third kappa shape index (κ3) is 6.51. The van der Waals surface area contributed by atoms with Crippen molar-refractivity contribution in [2.24, 2.45) is 0 Å². The zero-order valence-corrected chi connectivity index (χ0v) is 19.7. The first kappa shape index (κ1) is 26.9. The molecule has 2 heterocycles. The molecule has 0 unspecified atom stereocenters. The SMILES string of the molecule is C1CCOCC1.COc1ccc(CN(F)c2c([N+](=O)[O-])cnc3ccc(C(F)(F)F)cc23)c(OC)c1. The average Bonchev–Trinajstić information content (AvgIpc) is 2.88. The summed E-state index contributed by atoms with van der Waals surface area (Å²) in [6.45, 7) is 1.48. The fraction of sp³-hybridized carbons (Fsp3) is 0.375. The minimum atomic E-state index is -4.71. The van der Waals surface area contributed by atoms with Gasteiger partial charge in [0.2, 0.25) is 0 Å². The first-order valence-electron chi connectivity index (χ1n) is 11.0. The van der Waals surface area contributed by atoms with Crippen molar-refractivity contribution in [3.05, 3.63) is 63.8 Å². The van der Waals surface area contributed by atoms with Gasteiger partial charge in [0.25, 0.3) is 0 Å². The summed E-state index contributed by atoms with van der Waals surface area (Å²) in [5.41, 5.74) is -2.19. The maximum atomic E-state index is 15.2. The van der Waals surface area contributed by atoms with Gasteiger partial charge in [-0.05, 0) is 49.6 Å². The van der Waals surface area contributed by atoms with Gasteiger partial charge in [-0.3, -0.25) is 10.1 Å². The molecule has 0 N–H and O–H groups in total. The number of nitro groups is 1. The van der Waals surface area contributed by atoms with Crippen LogP contribution in [-0.2, 0) is 17.5 Å². The summed E-state index contributed by atoms with van der Waals surface area (Å²) < 4.78 is 70.0. The third-order valence-electron chi connectivity index (χ3n) is 5.47. The van der Waals surface area contributed by atoms with Crippen LogP contribution in [0.3, 0.4) is 0 Å². The highest BCUT2D eigenvalue weighted by Gasteiger charge is 2.32. The molecule has 0 spiro atoms. The Morgan fingerprint density at radius 2 is 1.81 bits per heavy atom. The number of pyridine rings is 1. The molecule has 4 rings (SSSR count). The van der Waals surface area contributed by atoms with E-state index in [0.717, 1.165) is 31.5 Å². The molecule has 12 heteroatoms. The highest BCUT2D eigenvalue weighted by Crippen LogP contribution is 2.40. The van der Waals surface area contributed by atoms with E-state index in [1.165, 1.54) is 51.7 Å². The largest absolute Gasteiger partial charge is 0.497 e. The summed E-state index contributed by atoms with van der Waals surface area (Å²) in [6.07, 6.45) is 0.0270. The van der Waals surface area contributed by atoms with E-state index in [1.807, 2.05) is 0 Å². The maximum Gasteiger partial charge on any atom is 0.416 e. The van der Waals surface area contributed by atoms with Crippen LogP contribution in [0.5, 0.6) is 11.5 Å². The second-order valence-electron chi connectivity index (χ2n) is 7.85. The molecule has 0 aliphatic carbocycles. The van der Waals surface area contributed by atoms with E-state index in [1.54, 1.807) is 0 Å². The van der Waals surface area contributed by atoms with Crippen LogP contribution in [0.4, 0.5) is 29.0 Å². The number of rotatable bonds is 6. The monoisotopic (exact) mass is 511 g/mol. The summed E-state index contributed by atoms with van der Waals surface area (Å²) in [5.74, 6) is 0.685.